The highest BCUT2D eigenvalue weighted by Crippen LogP contribution is 2.34. The summed E-state index contributed by atoms with van der Waals surface area (Å²) in [6.45, 7) is 0. The van der Waals surface area contributed by atoms with Gasteiger partial charge in [0.15, 0.2) is 11.5 Å². The molecular formula is C35H24ClN3O. The van der Waals surface area contributed by atoms with Crippen LogP contribution in [0, 0.1) is 0 Å². The lowest BCUT2D eigenvalue weighted by atomic mass is 9.97. The van der Waals surface area contributed by atoms with E-state index in [1.165, 1.54) is 16.3 Å². The van der Waals surface area contributed by atoms with E-state index in [4.69, 9.17) is 16.6 Å². The van der Waals surface area contributed by atoms with Gasteiger partial charge in [0, 0.05) is 10.9 Å². The molecule has 1 unspecified atom stereocenters. The molecule has 1 aliphatic rings. The molecule has 0 fully saturated rings. The monoisotopic (exact) mass is 537 g/mol. The number of halogens is 1. The molecule has 5 heteroatoms. The number of fused-ring (bicyclic) bond motifs is 2. The predicted molar refractivity (Wildman–Crippen MR) is 166 cm³/mol. The van der Waals surface area contributed by atoms with Gasteiger partial charge in [0.2, 0.25) is 0 Å². The highest BCUT2D eigenvalue weighted by molar-refractivity contribution is 6.25. The molecule has 1 heterocycles. The van der Waals surface area contributed by atoms with Gasteiger partial charge >= 0.3 is 0 Å². The number of amidine groups is 2. The number of nitrogens with one attached hydrogen (secondary N) is 1. The van der Waals surface area contributed by atoms with Crippen LogP contribution in [0.5, 0.6) is 5.75 Å². The Kier molecular flexibility index (Phi) is 6.03. The number of hydrogen-bond donors (Lipinski definition) is 2. The van der Waals surface area contributed by atoms with Crippen LogP contribution in [-0.2, 0) is 0 Å². The second-order valence-corrected chi connectivity index (χ2v) is 10.2. The molecule has 0 saturated heterocycles. The van der Waals surface area contributed by atoms with E-state index in [0.717, 1.165) is 33.0 Å². The smallest absolute Gasteiger partial charge is 0.198 e. The summed E-state index contributed by atoms with van der Waals surface area (Å²) in [5, 5.41) is 18.5. The van der Waals surface area contributed by atoms with Gasteiger partial charge in [0.25, 0.3) is 0 Å². The molecule has 0 bridgehead atoms. The summed E-state index contributed by atoms with van der Waals surface area (Å²) in [4.78, 5) is 9.25. The highest BCUT2D eigenvalue weighted by Gasteiger charge is 2.21. The highest BCUT2D eigenvalue weighted by atomic mass is 35.5. The van der Waals surface area contributed by atoms with E-state index in [1.54, 1.807) is 0 Å². The molecule has 6 aromatic carbocycles. The van der Waals surface area contributed by atoms with Crippen molar-refractivity contribution in [3.63, 3.8) is 0 Å². The van der Waals surface area contributed by atoms with E-state index in [1.807, 2.05) is 54.6 Å². The van der Waals surface area contributed by atoms with Gasteiger partial charge in [-0.3, -0.25) is 0 Å². The zero-order valence-electron chi connectivity index (χ0n) is 21.4. The van der Waals surface area contributed by atoms with E-state index in [-0.39, 0.29) is 5.75 Å². The standard InChI is InChI=1S/C35H24ClN3O/c36-35-38-33(25-15-13-24(14-16-25)29-12-6-10-23-9-4-5-11-28(23)29)37-34(39-35)31-20-18-27-21-26(17-19-30(27)32(31)40)22-7-2-1-3-8-22/h1-21,35,40H,(H,37,38,39). The summed E-state index contributed by atoms with van der Waals surface area (Å²) in [5.74, 6) is 1.13. The molecule has 192 valence electrons. The van der Waals surface area contributed by atoms with Gasteiger partial charge in [-0.25, -0.2) is 9.98 Å². The molecule has 40 heavy (non-hydrogen) atoms. The minimum Gasteiger partial charge on any atom is -0.507 e. The summed E-state index contributed by atoms with van der Waals surface area (Å²) in [5.41, 5.74) is 5.23. The topological polar surface area (TPSA) is 57.0 Å². The minimum absolute atomic E-state index is 0.135. The maximum Gasteiger partial charge on any atom is 0.198 e. The van der Waals surface area contributed by atoms with Crippen LogP contribution in [0.15, 0.2) is 137 Å². The first-order chi connectivity index (χ1) is 19.6. The van der Waals surface area contributed by atoms with Crippen LogP contribution in [-0.4, -0.2) is 22.4 Å². The number of hydrogen-bond acceptors (Lipinski definition) is 4. The Balaban J connectivity index is 1.22. The van der Waals surface area contributed by atoms with Crippen LogP contribution in [0.1, 0.15) is 11.1 Å². The third kappa shape index (κ3) is 4.39. The Hall–Kier alpha value is -4.93. The lowest BCUT2D eigenvalue weighted by Crippen LogP contribution is -2.35. The molecule has 0 spiro atoms. The second-order valence-electron chi connectivity index (χ2n) is 9.76. The fourth-order valence-corrected chi connectivity index (χ4v) is 5.48. The predicted octanol–water partition coefficient (Wildman–Crippen LogP) is 8.35. The van der Waals surface area contributed by atoms with Crippen molar-refractivity contribution in [2.45, 2.75) is 5.62 Å². The van der Waals surface area contributed by atoms with E-state index < -0.39 is 5.62 Å². The van der Waals surface area contributed by atoms with Gasteiger partial charge < -0.3 is 10.4 Å². The number of alkyl halides is 1. The fraction of sp³-hybridized carbons (Fsp3) is 0.0286. The van der Waals surface area contributed by atoms with Gasteiger partial charge in [0.1, 0.15) is 11.6 Å². The molecule has 2 N–H and O–H groups in total. The lowest BCUT2D eigenvalue weighted by molar-refractivity contribution is 0.480. The van der Waals surface area contributed by atoms with E-state index >= 15 is 0 Å². The van der Waals surface area contributed by atoms with Crippen LogP contribution in [0.4, 0.5) is 0 Å². The molecule has 4 nitrogen and oxygen atoms in total. The third-order valence-electron chi connectivity index (χ3n) is 7.31. The number of aliphatic imine (C=N–C) groups is 2. The van der Waals surface area contributed by atoms with Crippen LogP contribution < -0.4 is 5.32 Å². The Morgan fingerprint density at radius 3 is 2.15 bits per heavy atom. The SMILES string of the molecule is Oc1c(C2=NC(Cl)NC(c3ccc(-c4cccc5ccccc45)cc3)=N2)ccc2cc(-c3ccccc3)ccc12. The van der Waals surface area contributed by atoms with Gasteiger partial charge in [-0.05, 0) is 50.5 Å². The number of nitrogens with zero attached hydrogens (tertiary/aromatic N) is 2. The first-order valence-electron chi connectivity index (χ1n) is 13.1. The Morgan fingerprint density at radius 1 is 0.575 bits per heavy atom. The molecule has 0 aliphatic carbocycles. The molecule has 0 radical (unpaired) electrons. The molecule has 1 aliphatic heterocycles. The number of benzene rings is 6. The van der Waals surface area contributed by atoms with Crippen molar-refractivity contribution >= 4 is 44.8 Å². The van der Waals surface area contributed by atoms with Crippen molar-refractivity contribution in [2.75, 3.05) is 0 Å². The molecule has 0 saturated carbocycles. The van der Waals surface area contributed by atoms with E-state index in [2.05, 4.69) is 83.1 Å². The Bertz CT molecular complexity index is 1940. The Morgan fingerprint density at radius 2 is 1.30 bits per heavy atom. The van der Waals surface area contributed by atoms with Crippen LogP contribution in [0.2, 0.25) is 0 Å². The zero-order chi connectivity index (χ0) is 27.1. The first kappa shape index (κ1) is 24.1. The van der Waals surface area contributed by atoms with Gasteiger partial charge in [-0.2, -0.15) is 0 Å². The summed E-state index contributed by atoms with van der Waals surface area (Å²) in [6.07, 6.45) is 0. The summed E-state index contributed by atoms with van der Waals surface area (Å²) in [6, 6.07) is 43.0. The molecule has 1 atom stereocenters. The fourth-order valence-electron chi connectivity index (χ4n) is 5.29. The van der Waals surface area contributed by atoms with Gasteiger partial charge in [0.05, 0.1) is 5.56 Å². The van der Waals surface area contributed by atoms with Crippen molar-refractivity contribution in [3.05, 3.63) is 139 Å². The van der Waals surface area contributed by atoms with E-state index in [0.29, 0.717) is 17.2 Å². The van der Waals surface area contributed by atoms with Crippen molar-refractivity contribution in [3.8, 4) is 28.0 Å². The second kappa shape index (κ2) is 9.99. The third-order valence-corrected chi connectivity index (χ3v) is 7.51. The maximum atomic E-state index is 11.2. The summed E-state index contributed by atoms with van der Waals surface area (Å²) >= 11 is 6.50. The molecule has 7 rings (SSSR count). The Labute approximate surface area is 236 Å². The number of aromatic hydroxyl groups is 1. The number of phenols is 1. The van der Waals surface area contributed by atoms with Crippen LogP contribution in [0.25, 0.3) is 43.8 Å². The first-order valence-corrected chi connectivity index (χ1v) is 13.5. The summed E-state index contributed by atoms with van der Waals surface area (Å²) < 4.78 is 0. The lowest BCUT2D eigenvalue weighted by Gasteiger charge is -2.20. The van der Waals surface area contributed by atoms with E-state index in [9.17, 15) is 5.11 Å². The van der Waals surface area contributed by atoms with Gasteiger partial charge in [-0.15, -0.1) is 0 Å². The van der Waals surface area contributed by atoms with Crippen molar-refractivity contribution in [1.82, 2.24) is 5.32 Å². The summed E-state index contributed by atoms with van der Waals surface area (Å²) in [7, 11) is 0. The average Bonchev–Trinajstić information content (AvgIpc) is 3.01. The zero-order valence-corrected chi connectivity index (χ0v) is 22.2. The number of phenolic OH excluding ortho intramolecular Hbond substituents is 1. The molecular weight excluding hydrogens is 514 g/mol. The normalized spacial score (nSPS) is 15.0. The largest absolute Gasteiger partial charge is 0.507 e. The van der Waals surface area contributed by atoms with Gasteiger partial charge in [-0.1, -0.05) is 127 Å². The molecule has 6 aromatic rings. The van der Waals surface area contributed by atoms with Crippen molar-refractivity contribution in [2.24, 2.45) is 9.98 Å². The average molecular weight is 538 g/mol. The minimum atomic E-state index is -0.712. The van der Waals surface area contributed by atoms with Crippen molar-refractivity contribution in [1.29, 1.82) is 0 Å². The van der Waals surface area contributed by atoms with Crippen LogP contribution in [0.3, 0.4) is 0 Å². The molecule has 0 amide bonds. The quantitative estimate of drug-likeness (QED) is 0.175. The maximum absolute atomic E-state index is 11.2. The number of rotatable bonds is 4. The molecule has 0 aromatic heterocycles. The van der Waals surface area contributed by atoms with Crippen molar-refractivity contribution < 1.29 is 5.11 Å². The van der Waals surface area contributed by atoms with Crippen LogP contribution >= 0.6 is 11.6 Å².